The van der Waals surface area contributed by atoms with Crippen molar-refractivity contribution in [3.63, 3.8) is 0 Å². The zero-order chi connectivity index (χ0) is 18.7. The third kappa shape index (κ3) is 3.56. The standard InChI is InChI=1S/C19H23NO5S/c1-14-13-25-18(15-7-5-4-6-8-15)12-20(14)26(21,22)19-11-16(23-2)9-10-17(19)24-3/h4-11,14,18H,12-13H2,1-3H3. The van der Waals surface area contributed by atoms with Gasteiger partial charge >= 0.3 is 0 Å². The van der Waals surface area contributed by atoms with Gasteiger partial charge in [0.15, 0.2) is 0 Å². The maximum Gasteiger partial charge on any atom is 0.247 e. The van der Waals surface area contributed by atoms with Crippen LogP contribution < -0.4 is 9.47 Å². The van der Waals surface area contributed by atoms with E-state index in [0.29, 0.717) is 18.1 Å². The Morgan fingerprint density at radius 2 is 1.81 bits per heavy atom. The summed E-state index contributed by atoms with van der Waals surface area (Å²) in [4.78, 5) is 0.0971. The maximum atomic E-state index is 13.4. The Morgan fingerprint density at radius 3 is 2.46 bits per heavy atom. The highest BCUT2D eigenvalue weighted by Gasteiger charge is 2.37. The number of hydrogen-bond acceptors (Lipinski definition) is 5. The van der Waals surface area contributed by atoms with Crippen LogP contribution in [0.1, 0.15) is 18.6 Å². The summed E-state index contributed by atoms with van der Waals surface area (Å²) in [5, 5.41) is 0. The first-order valence-corrected chi connectivity index (χ1v) is 9.81. The fourth-order valence-corrected chi connectivity index (χ4v) is 4.84. The van der Waals surface area contributed by atoms with Crippen LogP contribution in [0.25, 0.3) is 0 Å². The molecule has 140 valence electrons. The predicted molar refractivity (Wildman–Crippen MR) is 98.0 cm³/mol. The Morgan fingerprint density at radius 1 is 1.08 bits per heavy atom. The van der Waals surface area contributed by atoms with Crippen molar-refractivity contribution in [2.45, 2.75) is 24.0 Å². The van der Waals surface area contributed by atoms with Crippen molar-refractivity contribution in [1.29, 1.82) is 0 Å². The summed E-state index contributed by atoms with van der Waals surface area (Å²) in [6.45, 7) is 2.41. The summed E-state index contributed by atoms with van der Waals surface area (Å²) >= 11 is 0. The quantitative estimate of drug-likeness (QED) is 0.802. The molecule has 6 nitrogen and oxygen atoms in total. The summed E-state index contributed by atoms with van der Waals surface area (Å²) in [5.74, 6) is 0.755. The molecule has 0 saturated carbocycles. The molecule has 26 heavy (non-hydrogen) atoms. The number of hydrogen-bond donors (Lipinski definition) is 0. The van der Waals surface area contributed by atoms with Crippen molar-refractivity contribution in [2.24, 2.45) is 0 Å². The van der Waals surface area contributed by atoms with Crippen LogP contribution in [0.4, 0.5) is 0 Å². The summed E-state index contributed by atoms with van der Waals surface area (Å²) in [6, 6.07) is 14.1. The van der Waals surface area contributed by atoms with E-state index in [1.807, 2.05) is 37.3 Å². The maximum absolute atomic E-state index is 13.4. The molecule has 1 aliphatic heterocycles. The number of rotatable bonds is 5. The average Bonchev–Trinajstić information content (AvgIpc) is 2.68. The monoisotopic (exact) mass is 377 g/mol. The Balaban J connectivity index is 1.97. The van der Waals surface area contributed by atoms with Crippen molar-refractivity contribution in [3.8, 4) is 11.5 Å². The number of sulfonamides is 1. The van der Waals surface area contributed by atoms with Crippen LogP contribution in [0, 0.1) is 0 Å². The Labute approximate surface area is 154 Å². The fourth-order valence-electron chi connectivity index (χ4n) is 3.05. The highest BCUT2D eigenvalue weighted by atomic mass is 32.2. The van der Waals surface area contributed by atoms with Gasteiger partial charge in [0.05, 0.1) is 26.9 Å². The van der Waals surface area contributed by atoms with Crippen LogP contribution in [0.5, 0.6) is 11.5 Å². The number of ether oxygens (including phenoxy) is 3. The minimum absolute atomic E-state index is 0.0971. The molecule has 2 aromatic rings. The van der Waals surface area contributed by atoms with Gasteiger partial charge in [-0.2, -0.15) is 4.31 Å². The minimum Gasteiger partial charge on any atom is -0.497 e. The van der Waals surface area contributed by atoms with E-state index in [-0.39, 0.29) is 23.6 Å². The largest absolute Gasteiger partial charge is 0.497 e. The molecule has 2 atom stereocenters. The van der Waals surface area contributed by atoms with Gasteiger partial charge in [0, 0.05) is 18.7 Å². The Kier molecular flexibility index (Phi) is 5.50. The van der Waals surface area contributed by atoms with Gasteiger partial charge in [0.1, 0.15) is 16.4 Å². The zero-order valence-corrected chi connectivity index (χ0v) is 15.9. The van der Waals surface area contributed by atoms with Crippen LogP contribution in [0.3, 0.4) is 0 Å². The van der Waals surface area contributed by atoms with Gasteiger partial charge in [-0.3, -0.25) is 0 Å². The highest BCUT2D eigenvalue weighted by Crippen LogP contribution is 2.34. The van der Waals surface area contributed by atoms with Crippen LogP contribution >= 0.6 is 0 Å². The molecule has 1 aliphatic rings. The second-order valence-electron chi connectivity index (χ2n) is 6.17. The van der Waals surface area contributed by atoms with Gasteiger partial charge in [-0.1, -0.05) is 30.3 Å². The van der Waals surface area contributed by atoms with E-state index < -0.39 is 10.0 Å². The molecule has 2 unspecified atom stereocenters. The SMILES string of the molecule is COc1ccc(OC)c(S(=O)(=O)N2CC(c3ccccc3)OCC2C)c1. The van der Waals surface area contributed by atoms with Gasteiger partial charge < -0.3 is 14.2 Å². The van der Waals surface area contributed by atoms with E-state index in [2.05, 4.69) is 0 Å². The third-order valence-corrected chi connectivity index (χ3v) is 6.51. The van der Waals surface area contributed by atoms with Gasteiger partial charge in [0.25, 0.3) is 0 Å². The van der Waals surface area contributed by atoms with E-state index in [4.69, 9.17) is 14.2 Å². The fraction of sp³-hybridized carbons (Fsp3) is 0.368. The molecule has 0 aromatic heterocycles. The van der Waals surface area contributed by atoms with E-state index in [0.717, 1.165) is 5.56 Å². The normalized spacial score (nSPS) is 21.3. The molecule has 0 radical (unpaired) electrons. The van der Waals surface area contributed by atoms with E-state index >= 15 is 0 Å². The molecule has 2 aromatic carbocycles. The molecule has 7 heteroatoms. The lowest BCUT2D eigenvalue weighted by atomic mass is 10.1. The highest BCUT2D eigenvalue weighted by molar-refractivity contribution is 7.89. The van der Waals surface area contributed by atoms with Crippen LogP contribution in [-0.2, 0) is 14.8 Å². The predicted octanol–water partition coefficient (Wildman–Crippen LogP) is 2.85. The third-order valence-electron chi connectivity index (χ3n) is 4.50. The first-order chi connectivity index (χ1) is 12.5. The molecule has 0 bridgehead atoms. The minimum atomic E-state index is -3.78. The van der Waals surface area contributed by atoms with Crippen LogP contribution in [-0.4, -0.2) is 46.1 Å². The van der Waals surface area contributed by atoms with E-state index in [1.165, 1.54) is 24.6 Å². The number of morpholine rings is 1. The van der Waals surface area contributed by atoms with Crippen LogP contribution in [0.15, 0.2) is 53.4 Å². The van der Waals surface area contributed by atoms with Crippen molar-refractivity contribution in [2.75, 3.05) is 27.4 Å². The second-order valence-corrected chi connectivity index (χ2v) is 8.03. The Hall–Kier alpha value is -2.09. The summed E-state index contributed by atoms with van der Waals surface area (Å²) in [5.41, 5.74) is 0.956. The smallest absolute Gasteiger partial charge is 0.247 e. The summed E-state index contributed by atoms with van der Waals surface area (Å²) in [7, 11) is -0.823. The van der Waals surface area contributed by atoms with Gasteiger partial charge in [-0.25, -0.2) is 8.42 Å². The molecule has 1 fully saturated rings. The van der Waals surface area contributed by atoms with Crippen molar-refractivity contribution >= 4 is 10.0 Å². The summed E-state index contributed by atoms with van der Waals surface area (Å²) < 4.78 is 44.5. The average molecular weight is 377 g/mol. The van der Waals surface area contributed by atoms with Gasteiger partial charge in [-0.15, -0.1) is 0 Å². The van der Waals surface area contributed by atoms with E-state index in [9.17, 15) is 8.42 Å². The topological polar surface area (TPSA) is 65.1 Å². The molecule has 0 spiro atoms. The van der Waals surface area contributed by atoms with Crippen molar-refractivity contribution in [3.05, 3.63) is 54.1 Å². The lowest BCUT2D eigenvalue weighted by Gasteiger charge is -2.37. The molecule has 0 aliphatic carbocycles. The Bertz CT molecular complexity index is 853. The molecule has 3 rings (SSSR count). The van der Waals surface area contributed by atoms with Crippen molar-refractivity contribution in [1.82, 2.24) is 4.31 Å². The van der Waals surface area contributed by atoms with Gasteiger partial charge in [-0.05, 0) is 24.6 Å². The van der Waals surface area contributed by atoms with E-state index in [1.54, 1.807) is 12.1 Å². The first kappa shape index (κ1) is 18.7. The van der Waals surface area contributed by atoms with Gasteiger partial charge in [0.2, 0.25) is 10.0 Å². The molecule has 1 heterocycles. The number of methoxy groups -OCH3 is 2. The lowest BCUT2D eigenvalue weighted by molar-refractivity contribution is -0.0288. The molecular formula is C19H23NO5S. The number of nitrogens with zero attached hydrogens (tertiary/aromatic N) is 1. The lowest BCUT2D eigenvalue weighted by Crippen LogP contribution is -2.48. The first-order valence-electron chi connectivity index (χ1n) is 8.37. The van der Waals surface area contributed by atoms with Crippen molar-refractivity contribution < 1.29 is 22.6 Å². The summed E-state index contributed by atoms with van der Waals surface area (Å²) in [6.07, 6.45) is -0.307. The number of benzene rings is 2. The molecule has 1 saturated heterocycles. The van der Waals surface area contributed by atoms with Crippen LogP contribution in [0.2, 0.25) is 0 Å². The molecule has 0 amide bonds. The second kappa shape index (κ2) is 7.65. The zero-order valence-electron chi connectivity index (χ0n) is 15.1. The molecule has 0 N–H and O–H groups in total. The molecular weight excluding hydrogens is 354 g/mol.